The van der Waals surface area contributed by atoms with E-state index < -0.39 is 5.91 Å². The number of fused-ring (bicyclic) bond motifs is 1. The molecule has 1 aromatic carbocycles. The Balaban J connectivity index is 1.99. The third-order valence-electron chi connectivity index (χ3n) is 3.42. The summed E-state index contributed by atoms with van der Waals surface area (Å²) in [5, 5.41) is 7.71. The highest BCUT2D eigenvalue weighted by Gasteiger charge is 2.10. The lowest BCUT2D eigenvalue weighted by molar-refractivity contribution is 0.100. The van der Waals surface area contributed by atoms with E-state index in [-0.39, 0.29) is 0 Å². The number of ether oxygens (including phenoxy) is 1. The normalized spacial score (nSPS) is 10.8. The van der Waals surface area contributed by atoms with Crippen LogP contribution in [0.15, 0.2) is 42.6 Å². The summed E-state index contributed by atoms with van der Waals surface area (Å²) in [4.78, 5) is 15.7. The van der Waals surface area contributed by atoms with Gasteiger partial charge in [0.2, 0.25) is 5.91 Å². The molecule has 0 saturated heterocycles. The molecule has 23 heavy (non-hydrogen) atoms. The number of anilines is 1. The predicted octanol–water partition coefficient (Wildman–Crippen LogP) is 1.55. The van der Waals surface area contributed by atoms with E-state index in [0.717, 1.165) is 22.7 Å². The third-order valence-corrected chi connectivity index (χ3v) is 3.42. The number of primary amides is 1. The van der Waals surface area contributed by atoms with Crippen molar-refractivity contribution < 1.29 is 9.53 Å². The number of aromatic nitrogens is 3. The molecule has 0 spiro atoms. The van der Waals surface area contributed by atoms with Crippen molar-refractivity contribution in [2.24, 2.45) is 5.73 Å². The number of carbonyl (C=O) groups is 1. The number of nitrogens with zero attached hydrogens (tertiary/aromatic N) is 3. The molecule has 0 aliphatic rings. The number of nitrogens with one attached hydrogen (secondary N) is 1. The van der Waals surface area contributed by atoms with Gasteiger partial charge < -0.3 is 15.8 Å². The van der Waals surface area contributed by atoms with Crippen LogP contribution in [-0.2, 0) is 4.74 Å². The molecule has 118 valence electrons. The van der Waals surface area contributed by atoms with E-state index in [4.69, 9.17) is 10.5 Å². The summed E-state index contributed by atoms with van der Waals surface area (Å²) in [5.41, 5.74) is 8.14. The van der Waals surface area contributed by atoms with E-state index in [1.54, 1.807) is 36.0 Å². The van der Waals surface area contributed by atoms with Crippen LogP contribution in [0.25, 0.3) is 16.9 Å². The molecule has 1 amide bonds. The molecule has 0 aliphatic heterocycles. The number of amides is 1. The van der Waals surface area contributed by atoms with Gasteiger partial charge in [-0.2, -0.15) is 0 Å². The van der Waals surface area contributed by atoms with Gasteiger partial charge in [-0.1, -0.05) is 12.1 Å². The van der Waals surface area contributed by atoms with E-state index >= 15 is 0 Å². The molecule has 0 fully saturated rings. The molecule has 0 radical (unpaired) electrons. The van der Waals surface area contributed by atoms with Crippen molar-refractivity contribution in [2.75, 3.05) is 25.6 Å². The molecule has 7 nitrogen and oxygen atoms in total. The molecule has 0 aliphatic carbocycles. The van der Waals surface area contributed by atoms with Crippen molar-refractivity contribution in [2.45, 2.75) is 0 Å². The number of hydrogen-bond donors (Lipinski definition) is 2. The highest BCUT2D eigenvalue weighted by Crippen LogP contribution is 2.21. The molecular weight excluding hydrogens is 294 g/mol. The average Bonchev–Trinajstić information content (AvgIpc) is 2.98. The topological polar surface area (TPSA) is 94.5 Å². The Labute approximate surface area is 133 Å². The number of imidazole rings is 1. The summed E-state index contributed by atoms with van der Waals surface area (Å²) in [6, 6.07) is 10.8. The molecule has 0 atom stereocenters. The summed E-state index contributed by atoms with van der Waals surface area (Å²) >= 11 is 0. The molecule has 2 heterocycles. The van der Waals surface area contributed by atoms with Gasteiger partial charge in [0.25, 0.3) is 0 Å². The van der Waals surface area contributed by atoms with Gasteiger partial charge in [0.1, 0.15) is 5.82 Å². The second-order valence-corrected chi connectivity index (χ2v) is 5.00. The van der Waals surface area contributed by atoms with Crippen LogP contribution in [0.4, 0.5) is 5.82 Å². The number of hydrogen-bond acceptors (Lipinski definition) is 5. The van der Waals surface area contributed by atoms with Crippen LogP contribution in [-0.4, -0.2) is 40.8 Å². The zero-order valence-electron chi connectivity index (χ0n) is 12.7. The Kier molecular flexibility index (Phi) is 4.20. The molecule has 3 rings (SSSR count). The first-order chi connectivity index (χ1) is 11.2. The summed E-state index contributed by atoms with van der Waals surface area (Å²) < 4.78 is 6.74. The fraction of sp³-hybridized carbons (Fsp3) is 0.188. The van der Waals surface area contributed by atoms with E-state index in [9.17, 15) is 4.79 Å². The molecular formula is C16H17N5O2. The van der Waals surface area contributed by atoms with E-state index in [1.165, 1.54) is 0 Å². The Hall–Kier alpha value is -2.93. The first-order valence-corrected chi connectivity index (χ1v) is 7.17. The zero-order valence-corrected chi connectivity index (χ0v) is 12.7. The van der Waals surface area contributed by atoms with Crippen LogP contribution in [0.1, 0.15) is 10.4 Å². The Morgan fingerprint density at radius 1 is 1.35 bits per heavy atom. The molecule has 3 aromatic rings. The largest absolute Gasteiger partial charge is 0.383 e. The van der Waals surface area contributed by atoms with Crippen molar-refractivity contribution in [1.82, 2.24) is 14.6 Å². The SMILES string of the molecule is COCCNc1ccc2ncc(-c3cccc(C(N)=O)c3)n2n1. The first-order valence-electron chi connectivity index (χ1n) is 7.17. The smallest absolute Gasteiger partial charge is 0.248 e. The standard InChI is InChI=1S/C16H17N5O2/c1-23-8-7-18-14-5-6-15-19-10-13(21(15)20-14)11-3-2-4-12(9-11)16(17)22/h2-6,9-10H,7-8H2,1H3,(H2,17,22)(H,18,20). The fourth-order valence-corrected chi connectivity index (χ4v) is 2.28. The van der Waals surface area contributed by atoms with Gasteiger partial charge >= 0.3 is 0 Å². The van der Waals surface area contributed by atoms with Crippen molar-refractivity contribution in [3.8, 4) is 11.3 Å². The molecule has 0 saturated carbocycles. The minimum absolute atomic E-state index is 0.451. The van der Waals surface area contributed by atoms with E-state index in [2.05, 4.69) is 15.4 Å². The number of rotatable bonds is 6. The summed E-state index contributed by atoms with van der Waals surface area (Å²) in [5.74, 6) is 0.260. The van der Waals surface area contributed by atoms with Gasteiger partial charge in [-0.3, -0.25) is 4.79 Å². The second kappa shape index (κ2) is 6.45. The van der Waals surface area contributed by atoms with Crippen molar-refractivity contribution >= 4 is 17.4 Å². The van der Waals surface area contributed by atoms with Gasteiger partial charge in [-0.05, 0) is 24.3 Å². The summed E-state index contributed by atoms with van der Waals surface area (Å²) in [6.07, 6.45) is 1.72. The van der Waals surface area contributed by atoms with Crippen LogP contribution < -0.4 is 11.1 Å². The van der Waals surface area contributed by atoms with Gasteiger partial charge in [0, 0.05) is 24.8 Å². The zero-order chi connectivity index (χ0) is 16.2. The number of nitrogens with two attached hydrogens (primary N) is 1. The molecule has 3 N–H and O–H groups in total. The first kappa shape index (κ1) is 15.0. The summed E-state index contributed by atoms with van der Waals surface area (Å²) in [7, 11) is 1.65. The molecule has 0 bridgehead atoms. The number of methoxy groups -OCH3 is 1. The van der Waals surface area contributed by atoms with E-state index in [0.29, 0.717) is 18.7 Å². The Morgan fingerprint density at radius 2 is 2.22 bits per heavy atom. The maximum atomic E-state index is 11.3. The lowest BCUT2D eigenvalue weighted by atomic mass is 10.1. The van der Waals surface area contributed by atoms with Crippen molar-refractivity contribution in [1.29, 1.82) is 0 Å². The lowest BCUT2D eigenvalue weighted by Crippen LogP contribution is -2.11. The van der Waals surface area contributed by atoms with Gasteiger partial charge in [0.05, 0.1) is 18.5 Å². The van der Waals surface area contributed by atoms with E-state index in [1.807, 2.05) is 18.2 Å². The minimum atomic E-state index is -0.462. The predicted molar refractivity (Wildman–Crippen MR) is 87.3 cm³/mol. The fourth-order valence-electron chi connectivity index (χ4n) is 2.28. The highest BCUT2D eigenvalue weighted by molar-refractivity contribution is 5.94. The van der Waals surface area contributed by atoms with Crippen molar-refractivity contribution in [3.05, 3.63) is 48.2 Å². The minimum Gasteiger partial charge on any atom is -0.383 e. The van der Waals surface area contributed by atoms with Gasteiger partial charge in [-0.15, -0.1) is 5.10 Å². The lowest BCUT2D eigenvalue weighted by Gasteiger charge is -2.07. The highest BCUT2D eigenvalue weighted by atomic mass is 16.5. The summed E-state index contributed by atoms with van der Waals surface area (Å²) in [6.45, 7) is 1.26. The molecule has 7 heteroatoms. The van der Waals surface area contributed by atoms with Crippen LogP contribution in [0.3, 0.4) is 0 Å². The Bertz CT molecular complexity index is 843. The monoisotopic (exact) mass is 311 g/mol. The van der Waals surface area contributed by atoms with Gasteiger partial charge in [0.15, 0.2) is 5.65 Å². The Morgan fingerprint density at radius 3 is 3.00 bits per heavy atom. The molecule has 0 unspecified atom stereocenters. The van der Waals surface area contributed by atoms with Crippen LogP contribution in [0.2, 0.25) is 0 Å². The number of benzene rings is 1. The van der Waals surface area contributed by atoms with Gasteiger partial charge in [-0.25, -0.2) is 9.50 Å². The van der Waals surface area contributed by atoms with Crippen LogP contribution in [0.5, 0.6) is 0 Å². The quantitative estimate of drug-likeness (QED) is 0.674. The number of carbonyl (C=O) groups excluding carboxylic acids is 1. The average molecular weight is 311 g/mol. The van der Waals surface area contributed by atoms with Crippen molar-refractivity contribution in [3.63, 3.8) is 0 Å². The molecule has 2 aromatic heterocycles. The van der Waals surface area contributed by atoms with Crippen LogP contribution in [0, 0.1) is 0 Å². The third kappa shape index (κ3) is 3.14. The maximum absolute atomic E-state index is 11.3. The maximum Gasteiger partial charge on any atom is 0.248 e. The van der Waals surface area contributed by atoms with Crippen LogP contribution >= 0.6 is 0 Å². The second-order valence-electron chi connectivity index (χ2n) is 5.00.